The first-order chi connectivity index (χ1) is 9.79. The van der Waals surface area contributed by atoms with Crippen molar-refractivity contribution in [2.24, 2.45) is 5.41 Å². The van der Waals surface area contributed by atoms with Crippen LogP contribution in [0.5, 0.6) is 0 Å². The summed E-state index contributed by atoms with van der Waals surface area (Å²) in [6, 6.07) is 0. The van der Waals surface area contributed by atoms with Gasteiger partial charge in [-0.15, -0.1) is 0 Å². The lowest BCUT2D eigenvalue weighted by molar-refractivity contribution is -0.173. The van der Waals surface area contributed by atoms with Crippen molar-refractivity contribution >= 4 is 0 Å². The van der Waals surface area contributed by atoms with Crippen LogP contribution in [-0.4, -0.2) is 12.2 Å². The van der Waals surface area contributed by atoms with Gasteiger partial charge in [0.15, 0.2) is 0 Å². The quantitative estimate of drug-likeness (QED) is 0.500. The van der Waals surface area contributed by atoms with Gasteiger partial charge in [-0.05, 0) is 43.9 Å². The van der Waals surface area contributed by atoms with Crippen LogP contribution >= 0.6 is 0 Å². The van der Waals surface area contributed by atoms with Crippen molar-refractivity contribution in [2.75, 3.05) is 6.61 Å². The van der Waals surface area contributed by atoms with Gasteiger partial charge in [-0.25, -0.2) is 0 Å². The molecule has 1 heteroatoms. The summed E-state index contributed by atoms with van der Waals surface area (Å²) in [5, 5.41) is 0. The van der Waals surface area contributed by atoms with E-state index in [1.165, 1.54) is 89.9 Å². The fourth-order valence-electron chi connectivity index (χ4n) is 5.00. The Morgan fingerprint density at radius 2 is 1.35 bits per heavy atom. The highest BCUT2D eigenvalue weighted by Crippen LogP contribution is 2.55. The van der Waals surface area contributed by atoms with Crippen LogP contribution in [0.1, 0.15) is 104 Å². The number of rotatable bonds is 7. The molecule has 0 atom stereocenters. The Morgan fingerprint density at radius 3 is 1.90 bits per heavy atom. The molecule has 0 saturated heterocycles. The summed E-state index contributed by atoms with van der Waals surface area (Å²) in [6.45, 7) is 5.65. The van der Waals surface area contributed by atoms with Crippen molar-refractivity contribution in [3.8, 4) is 0 Å². The van der Waals surface area contributed by atoms with Gasteiger partial charge in [0.25, 0.3) is 0 Å². The van der Waals surface area contributed by atoms with Gasteiger partial charge in [0.2, 0.25) is 0 Å². The fourth-order valence-corrected chi connectivity index (χ4v) is 5.00. The van der Waals surface area contributed by atoms with E-state index in [0.717, 1.165) is 6.61 Å². The summed E-state index contributed by atoms with van der Waals surface area (Å²) in [5.74, 6) is 0. The van der Waals surface area contributed by atoms with E-state index in [0.29, 0.717) is 5.41 Å². The van der Waals surface area contributed by atoms with Crippen LogP contribution in [0.25, 0.3) is 0 Å². The average molecular weight is 280 g/mol. The molecule has 0 heterocycles. The molecule has 2 rings (SSSR count). The van der Waals surface area contributed by atoms with E-state index in [1.54, 1.807) is 0 Å². The lowest BCUT2D eigenvalue weighted by atomic mass is 9.57. The molecule has 2 aliphatic carbocycles. The van der Waals surface area contributed by atoms with Gasteiger partial charge < -0.3 is 4.74 Å². The van der Waals surface area contributed by atoms with Crippen LogP contribution in [0, 0.1) is 5.41 Å². The number of ether oxygens (including phenoxy) is 1. The Labute approximate surface area is 126 Å². The zero-order valence-corrected chi connectivity index (χ0v) is 14.0. The van der Waals surface area contributed by atoms with Crippen LogP contribution in [0.2, 0.25) is 0 Å². The van der Waals surface area contributed by atoms with E-state index in [-0.39, 0.29) is 5.60 Å². The van der Waals surface area contributed by atoms with E-state index in [1.807, 2.05) is 0 Å². The first-order valence-electron chi connectivity index (χ1n) is 9.42. The molecule has 20 heavy (non-hydrogen) atoms. The minimum Gasteiger partial charge on any atom is -0.374 e. The van der Waals surface area contributed by atoms with Crippen molar-refractivity contribution in [1.29, 1.82) is 0 Å². The summed E-state index contributed by atoms with van der Waals surface area (Å²) in [4.78, 5) is 0. The highest BCUT2D eigenvalue weighted by atomic mass is 16.5. The minimum absolute atomic E-state index is 0.247. The number of hydrogen-bond acceptors (Lipinski definition) is 1. The molecule has 0 spiro atoms. The maximum atomic E-state index is 6.71. The molecule has 118 valence electrons. The topological polar surface area (TPSA) is 9.23 Å². The molecular formula is C19H36O. The first-order valence-corrected chi connectivity index (χ1v) is 9.42. The molecule has 0 unspecified atom stereocenters. The standard InChI is InChI=1S/C19H36O/c1-3-5-17-20-19(15-10-7-11-16-19)18(12-4-2)13-8-6-9-14-18/h3-17H2,1-2H3. The van der Waals surface area contributed by atoms with Crippen molar-refractivity contribution in [3.63, 3.8) is 0 Å². The molecule has 0 aromatic carbocycles. The second-order valence-electron chi connectivity index (χ2n) is 7.35. The van der Waals surface area contributed by atoms with E-state index >= 15 is 0 Å². The fraction of sp³-hybridized carbons (Fsp3) is 1.00. The van der Waals surface area contributed by atoms with Gasteiger partial charge in [0.1, 0.15) is 0 Å². The molecule has 0 radical (unpaired) electrons. The van der Waals surface area contributed by atoms with Crippen LogP contribution in [0.4, 0.5) is 0 Å². The van der Waals surface area contributed by atoms with E-state index in [4.69, 9.17) is 4.74 Å². The summed E-state index contributed by atoms with van der Waals surface area (Å²) >= 11 is 0. The normalized spacial score (nSPS) is 25.5. The second-order valence-corrected chi connectivity index (χ2v) is 7.35. The zero-order chi connectivity index (χ0) is 14.3. The van der Waals surface area contributed by atoms with E-state index in [9.17, 15) is 0 Å². The van der Waals surface area contributed by atoms with Crippen LogP contribution in [-0.2, 0) is 4.74 Å². The zero-order valence-electron chi connectivity index (χ0n) is 14.0. The largest absolute Gasteiger partial charge is 0.374 e. The lowest BCUT2D eigenvalue weighted by Crippen LogP contribution is -2.52. The van der Waals surface area contributed by atoms with Crippen LogP contribution < -0.4 is 0 Å². The molecule has 0 N–H and O–H groups in total. The molecule has 2 saturated carbocycles. The maximum Gasteiger partial charge on any atom is 0.0738 e. The molecule has 2 aliphatic rings. The third-order valence-corrected chi connectivity index (χ3v) is 6.04. The van der Waals surface area contributed by atoms with Crippen molar-refractivity contribution < 1.29 is 4.74 Å². The summed E-state index contributed by atoms with van der Waals surface area (Å²) < 4.78 is 6.71. The molecule has 1 nitrogen and oxygen atoms in total. The Morgan fingerprint density at radius 1 is 0.750 bits per heavy atom. The van der Waals surface area contributed by atoms with Crippen molar-refractivity contribution in [2.45, 2.75) is 109 Å². The van der Waals surface area contributed by atoms with Gasteiger partial charge in [-0.1, -0.05) is 65.2 Å². The van der Waals surface area contributed by atoms with E-state index in [2.05, 4.69) is 13.8 Å². The Balaban J connectivity index is 2.16. The summed E-state index contributed by atoms with van der Waals surface area (Å²) in [5.41, 5.74) is 0.769. The highest BCUT2D eigenvalue weighted by Gasteiger charge is 2.51. The van der Waals surface area contributed by atoms with Crippen LogP contribution in [0.15, 0.2) is 0 Å². The van der Waals surface area contributed by atoms with Crippen molar-refractivity contribution in [1.82, 2.24) is 0 Å². The molecule has 2 fully saturated rings. The third-order valence-electron chi connectivity index (χ3n) is 6.04. The molecule has 0 aromatic rings. The highest BCUT2D eigenvalue weighted by molar-refractivity contribution is 5.02. The average Bonchev–Trinajstić information content (AvgIpc) is 2.50. The Kier molecular flexibility index (Phi) is 6.39. The lowest BCUT2D eigenvalue weighted by Gasteiger charge is -2.54. The van der Waals surface area contributed by atoms with Gasteiger partial charge in [-0.3, -0.25) is 0 Å². The van der Waals surface area contributed by atoms with Gasteiger partial charge in [-0.2, -0.15) is 0 Å². The van der Waals surface area contributed by atoms with Gasteiger partial charge in [0, 0.05) is 6.61 Å². The number of hydrogen-bond donors (Lipinski definition) is 0. The van der Waals surface area contributed by atoms with Crippen LogP contribution in [0.3, 0.4) is 0 Å². The van der Waals surface area contributed by atoms with Crippen molar-refractivity contribution in [3.05, 3.63) is 0 Å². The second kappa shape index (κ2) is 7.82. The summed E-state index contributed by atoms with van der Waals surface area (Å²) in [6.07, 6.45) is 19.4. The third kappa shape index (κ3) is 3.40. The molecule has 0 aromatic heterocycles. The minimum atomic E-state index is 0.247. The molecule has 0 aliphatic heterocycles. The molecule has 0 bridgehead atoms. The SMILES string of the molecule is CCCCOC1(C2(CCC)CCCCC2)CCCCC1. The number of unbranched alkanes of at least 4 members (excludes halogenated alkanes) is 1. The molecular weight excluding hydrogens is 244 g/mol. The monoisotopic (exact) mass is 280 g/mol. The first kappa shape index (κ1) is 16.3. The maximum absolute atomic E-state index is 6.71. The Hall–Kier alpha value is -0.0400. The predicted octanol–water partition coefficient (Wildman–Crippen LogP) is 6.26. The predicted molar refractivity (Wildman–Crippen MR) is 87.1 cm³/mol. The Bertz CT molecular complexity index is 253. The molecule has 0 amide bonds. The van der Waals surface area contributed by atoms with Gasteiger partial charge in [0.05, 0.1) is 5.60 Å². The summed E-state index contributed by atoms with van der Waals surface area (Å²) in [7, 11) is 0. The van der Waals surface area contributed by atoms with E-state index < -0.39 is 0 Å². The smallest absolute Gasteiger partial charge is 0.0738 e. The van der Waals surface area contributed by atoms with Gasteiger partial charge >= 0.3 is 0 Å².